The van der Waals surface area contributed by atoms with Crippen molar-refractivity contribution in [2.24, 2.45) is 0 Å². The Morgan fingerprint density at radius 1 is 1.19 bits per heavy atom. The summed E-state index contributed by atoms with van der Waals surface area (Å²) >= 11 is 0. The Kier molecular flexibility index (Phi) is 6.22. The van der Waals surface area contributed by atoms with Gasteiger partial charge in [0.05, 0.1) is 19.0 Å². The minimum absolute atomic E-state index is 0.0752. The van der Waals surface area contributed by atoms with Gasteiger partial charge in [-0.05, 0) is 30.2 Å². The maximum Gasteiger partial charge on any atom is 0.318 e. The number of urea groups is 1. The molecule has 0 aliphatic rings. The van der Waals surface area contributed by atoms with E-state index >= 15 is 0 Å². The molecular formula is C21H24N4O2. The lowest BCUT2D eigenvalue weighted by Crippen LogP contribution is -2.42. The van der Waals surface area contributed by atoms with Crippen LogP contribution in [0.3, 0.4) is 0 Å². The van der Waals surface area contributed by atoms with Gasteiger partial charge in [-0.15, -0.1) is 0 Å². The summed E-state index contributed by atoms with van der Waals surface area (Å²) in [6.07, 6.45) is 5.37. The molecule has 0 saturated carbocycles. The number of hydrogen-bond acceptors (Lipinski definition) is 3. The van der Waals surface area contributed by atoms with Crippen molar-refractivity contribution < 1.29 is 9.90 Å². The third-order valence-electron chi connectivity index (χ3n) is 4.41. The first-order valence-electron chi connectivity index (χ1n) is 8.96. The van der Waals surface area contributed by atoms with Gasteiger partial charge in [-0.2, -0.15) is 0 Å². The summed E-state index contributed by atoms with van der Waals surface area (Å²) in [5.74, 6) is 0. The molecule has 2 aromatic carbocycles. The number of carbonyl (C=O) groups excluding carboxylic acids is 1. The molecule has 0 fully saturated rings. The topological polar surface area (TPSA) is 70.4 Å². The first-order valence-corrected chi connectivity index (χ1v) is 8.96. The van der Waals surface area contributed by atoms with Gasteiger partial charge in [0.1, 0.15) is 0 Å². The smallest absolute Gasteiger partial charge is 0.318 e. The quantitative estimate of drug-likeness (QED) is 0.677. The van der Waals surface area contributed by atoms with Gasteiger partial charge >= 0.3 is 6.03 Å². The minimum Gasteiger partial charge on any atom is -0.395 e. The SMILES string of the molecule is CC(NC(=O)N(CCO)Cc1ccccc1)c1ccc(-n2ccnc2)cc1. The first-order chi connectivity index (χ1) is 13.2. The number of aromatic nitrogens is 2. The molecule has 6 heteroatoms. The van der Waals surface area contributed by atoms with Gasteiger partial charge in [0.2, 0.25) is 0 Å². The lowest BCUT2D eigenvalue weighted by atomic mass is 10.1. The van der Waals surface area contributed by atoms with Crippen LogP contribution in [0.2, 0.25) is 0 Å². The molecule has 0 saturated heterocycles. The molecule has 0 aliphatic carbocycles. The number of hydrogen-bond donors (Lipinski definition) is 2. The summed E-state index contributed by atoms with van der Waals surface area (Å²) in [5, 5.41) is 12.3. The van der Waals surface area contributed by atoms with Crippen molar-refractivity contribution in [1.82, 2.24) is 19.8 Å². The predicted molar refractivity (Wildman–Crippen MR) is 104 cm³/mol. The van der Waals surface area contributed by atoms with Crippen LogP contribution in [0.5, 0.6) is 0 Å². The minimum atomic E-state index is -0.195. The second kappa shape index (κ2) is 9.00. The molecule has 140 valence electrons. The third kappa shape index (κ3) is 4.95. The summed E-state index contributed by atoms with van der Waals surface area (Å²) < 4.78 is 1.93. The molecule has 1 aromatic heterocycles. The fourth-order valence-corrected chi connectivity index (χ4v) is 2.88. The summed E-state index contributed by atoms with van der Waals surface area (Å²) in [6, 6.07) is 17.4. The molecule has 2 amide bonds. The summed E-state index contributed by atoms with van der Waals surface area (Å²) in [5.41, 5.74) is 3.05. The number of benzene rings is 2. The molecule has 2 N–H and O–H groups in total. The molecule has 27 heavy (non-hydrogen) atoms. The van der Waals surface area contributed by atoms with Crippen LogP contribution in [0.25, 0.3) is 5.69 Å². The fraction of sp³-hybridized carbons (Fsp3) is 0.238. The Labute approximate surface area is 159 Å². The number of aliphatic hydroxyl groups excluding tert-OH is 1. The van der Waals surface area contributed by atoms with E-state index < -0.39 is 0 Å². The van der Waals surface area contributed by atoms with Crippen molar-refractivity contribution in [3.05, 3.63) is 84.4 Å². The molecule has 3 aromatic rings. The van der Waals surface area contributed by atoms with E-state index in [4.69, 9.17) is 0 Å². The van der Waals surface area contributed by atoms with E-state index in [0.717, 1.165) is 16.8 Å². The second-order valence-corrected chi connectivity index (χ2v) is 6.36. The zero-order valence-corrected chi connectivity index (χ0v) is 15.3. The number of rotatable bonds is 7. The highest BCUT2D eigenvalue weighted by Crippen LogP contribution is 2.16. The Morgan fingerprint density at radius 2 is 1.93 bits per heavy atom. The molecule has 0 spiro atoms. The monoisotopic (exact) mass is 364 g/mol. The van der Waals surface area contributed by atoms with E-state index in [1.807, 2.05) is 72.3 Å². The first kappa shape index (κ1) is 18.7. The molecule has 1 heterocycles. The number of nitrogens with zero attached hydrogens (tertiary/aromatic N) is 3. The standard InChI is InChI=1S/C21H24N4O2/c1-17(19-7-9-20(10-8-19)25-12-11-22-16-25)23-21(27)24(13-14-26)15-18-5-3-2-4-6-18/h2-12,16-17,26H,13-15H2,1H3,(H,23,27). The van der Waals surface area contributed by atoms with Gasteiger partial charge in [-0.25, -0.2) is 9.78 Å². The van der Waals surface area contributed by atoms with Crippen LogP contribution in [-0.2, 0) is 6.54 Å². The molecule has 3 rings (SSSR count). The van der Waals surface area contributed by atoms with Crippen molar-refractivity contribution in [3.63, 3.8) is 0 Å². The van der Waals surface area contributed by atoms with Crippen LogP contribution in [0.4, 0.5) is 4.79 Å². The zero-order chi connectivity index (χ0) is 19.1. The van der Waals surface area contributed by atoms with Gasteiger partial charge < -0.3 is 19.9 Å². The van der Waals surface area contributed by atoms with Crippen molar-refractivity contribution in [2.75, 3.05) is 13.2 Å². The summed E-state index contributed by atoms with van der Waals surface area (Å²) in [4.78, 5) is 18.3. The van der Waals surface area contributed by atoms with Gasteiger partial charge in [0.15, 0.2) is 0 Å². The second-order valence-electron chi connectivity index (χ2n) is 6.36. The van der Waals surface area contributed by atoms with Crippen LogP contribution < -0.4 is 5.32 Å². The average Bonchev–Trinajstić information content (AvgIpc) is 3.23. The van der Waals surface area contributed by atoms with Crippen LogP contribution in [0.15, 0.2) is 73.3 Å². The maximum atomic E-state index is 12.7. The molecule has 0 radical (unpaired) electrons. The van der Waals surface area contributed by atoms with Gasteiger partial charge in [-0.3, -0.25) is 0 Å². The van der Waals surface area contributed by atoms with Crippen LogP contribution >= 0.6 is 0 Å². The molecule has 6 nitrogen and oxygen atoms in total. The van der Waals surface area contributed by atoms with Crippen LogP contribution in [0.1, 0.15) is 24.1 Å². The van der Waals surface area contributed by atoms with E-state index in [9.17, 15) is 9.90 Å². The highest BCUT2D eigenvalue weighted by Gasteiger charge is 2.16. The fourth-order valence-electron chi connectivity index (χ4n) is 2.88. The molecule has 1 atom stereocenters. The van der Waals surface area contributed by atoms with Gasteiger partial charge in [0, 0.05) is 31.2 Å². The summed E-state index contributed by atoms with van der Waals surface area (Å²) in [7, 11) is 0. The predicted octanol–water partition coefficient (Wildman–Crippen LogP) is 3.14. The van der Waals surface area contributed by atoms with Gasteiger partial charge in [-0.1, -0.05) is 42.5 Å². The van der Waals surface area contributed by atoms with E-state index in [0.29, 0.717) is 6.54 Å². The number of carbonyl (C=O) groups is 1. The van der Waals surface area contributed by atoms with Crippen molar-refractivity contribution >= 4 is 6.03 Å². The normalized spacial score (nSPS) is 11.8. The van der Waals surface area contributed by atoms with Crippen LogP contribution in [-0.4, -0.2) is 38.7 Å². The maximum absolute atomic E-state index is 12.7. The Morgan fingerprint density at radius 3 is 2.56 bits per heavy atom. The number of aliphatic hydroxyl groups is 1. The third-order valence-corrected chi connectivity index (χ3v) is 4.41. The molecule has 1 unspecified atom stereocenters. The summed E-state index contributed by atoms with van der Waals surface area (Å²) in [6.45, 7) is 2.62. The number of imidazole rings is 1. The van der Waals surface area contributed by atoms with E-state index in [-0.39, 0.29) is 25.2 Å². The largest absolute Gasteiger partial charge is 0.395 e. The Balaban J connectivity index is 1.64. The Hall–Kier alpha value is -3.12. The van der Waals surface area contributed by atoms with Crippen LogP contribution in [0, 0.1) is 0 Å². The van der Waals surface area contributed by atoms with Gasteiger partial charge in [0.25, 0.3) is 0 Å². The molecule has 0 aliphatic heterocycles. The highest BCUT2D eigenvalue weighted by molar-refractivity contribution is 5.74. The molecule has 0 bridgehead atoms. The van der Waals surface area contributed by atoms with E-state index in [1.54, 1.807) is 17.4 Å². The zero-order valence-electron chi connectivity index (χ0n) is 15.3. The highest BCUT2D eigenvalue weighted by atomic mass is 16.3. The van der Waals surface area contributed by atoms with Crippen molar-refractivity contribution in [1.29, 1.82) is 0 Å². The average molecular weight is 364 g/mol. The number of nitrogens with one attached hydrogen (secondary N) is 1. The number of amides is 2. The van der Waals surface area contributed by atoms with Crippen molar-refractivity contribution in [2.45, 2.75) is 19.5 Å². The van der Waals surface area contributed by atoms with E-state index in [1.165, 1.54) is 0 Å². The van der Waals surface area contributed by atoms with Crippen molar-refractivity contribution in [3.8, 4) is 5.69 Å². The molecular weight excluding hydrogens is 340 g/mol. The lowest BCUT2D eigenvalue weighted by molar-refractivity contribution is 0.171. The van der Waals surface area contributed by atoms with E-state index in [2.05, 4.69) is 10.3 Å². The Bertz CT molecular complexity index is 832. The lowest BCUT2D eigenvalue weighted by Gasteiger charge is -2.25.